The van der Waals surface area contributed by atoms with E-state index < -0.39 is 0 Å². The molecule has 1 N–H and O–H groups in total. The summed E-state index contributed by atoms with van der Waals surface area (Å²) < 4.78 is 5.76. The highest BCUT2D eigenvalue weighted by Gasteiger charge is 2.23. The molecule has 0 bridgehead atoms. The van der Waals surface area contributed by atoms with E-state index in [2.05, 4.69) is 29.2 Å². The first-order chi connectivity index (χ1) is 9.79. The number of β-amino-alcohol motifs (C(OH)–C–C–N with tert-alkyl or cyclic N) is 1. The Morgan fingerprint density at radius 1 is 0.950 bits per heavy atom. The van der Waals surface area contributed by atoms with Crippen molar-refractivity contribution in [2.75, 3.05) is 13.1 Å². The smallest absolute Gasteiger partial charge is 0.119 e. The Morgan fingerprint density at radius 2 is 1.65 bits per heavy atom. The van der Waals surface area contributed by atoms with E-state index in [0.29, 0.717) is 6.61 Å². The van der Waals surface area contributed by atoms with Crippen LogP contribution in [0.4, 0.5) is 0 Å². The van der Waals surface area contributed by atoms with Gasteiger partial charge in [0.1, 0.15) is 12.4 Å². The first-order valence-electron chi connectivity index (χ1n) is 6.96. The molecule has 0 saturated carbocycles. The van der Waals surface area contributed by atoms with Gasteiger partial charge in [-0.25, -0.2) is 0 Å². The van der Waals surface area contributed by atoms with E-state index >= 15 is 0 Å². The van der Waals surface area contributed by atoms with Crippen molar-refractivity contribution in [3.05, 3.63) is 65.7 Å². The predicted molar refractivity (Wildman–Crippen MR) is 78.5 cm³/mol. The summed E-state index contributed by atoms with van der Waals surface area (Å²) in [5.74, 6) is 0.890. The van der Waals surface area contributed by atoms with Crippen LogP contribution >= 0.6 is 0 Å². The molecule has 1 fully saturated rings. The molecule has 3 rings (SSSR count). The van der Waals surface area contributed by atoms with Crippen LogP contribution in [0.5, 0.6) is 5.75 Å². The fourth-order valence-corrected chi connectivity index (χ4v) is 2.36. The summed E-state index contributed by atoms with van der Waals surface area (Å²) in [4.78, 5) is 2.23. The van der Waals surface area contributed by atoms with Gasteiger partial charge >= 0.3 is 0 Å². The van der Waals surface area contributed by atoms with Gasteiger partial charge < -0.3 is 9.84 Å². The lowest BCUT2D eigenvalue weighted by Crippen LogP contribution is -2.49. The molecule has 0 aliphatic carbocycles. The van der Waals surface area contributed by atoms with Crippen LogP contribution in [-0.4, -0.2) is 29.2 Å². The highest BCUT2D eigenvalue weighted by Crippen LogP contribution is 2.17. The van der Waals surface area contributed by atoms with Crippen molar-refractivity contribution in [3.63, 3.8) is 0 Å². The third-order valence-electron chi connectivity index (χ3n) is 3.52. The Balaban J connectivity index is 1.51. The Bertz CT molecular complexity index is 533. The first kappa shape index (κ1) is 13.2. The summed E-state index contributed by atoms with van der Waals surface area (Å²) in [6.45, 7) is 3.06. The van der Waals surface area contributed by atoms with Gasteiger partial charge in [-0.15, -0.1) is 0 Å². The minimum atomic E-state index is -0.136. The van der Waals surface area contributed by atoms with Crippen LogP contribution < -0.4 is 4.74 Å². The molecule has 20 heavy (non-hydrogen) atoms. The van der Waals surface area contributed by atoms with E-state index in [0.717, 1.165) is 25.4 Å². The van der Waals surface area contributed by atoms with Crippen molar-refractivity contribution in [2.45, 2.75) is 19.3 Å². The van der Waals surface area contributed by atoms with Crippen LogP contribution in [0.2, 0.25) is 0 Å². The quantitative estimate of drug-likeness (QED) is 0.905. The summed E-state index contributed by atoms with van der Waals surface area (Å²) in [6.07, 6.45) is -0.136. The molecule has 1 heterocycles. The molecule has 3 heteroatoms. The predicted octanol–water partition coefficient (Wildman–Crippen LogP) is 2.44. The minimum Gasteiger partial charge on any atom is -0.489 e. The monoisotopic (exact) mass is 269 g/mol. The number of benzene rings is 2. The Hall–Kier alpha value is -1.84. The number of hydrogen-bond acceptors (Lipinski definition) is 3. The van der Waals surface area contributed by atoms with Crippen molar-refractivity contribution < 1.29 is 9.84 Å². The van der Waals surface area contributed by atoms with Crippen molar-refractivity contribution >= 4 is 0 Å². The molecular weight excluding hydrogens is 250 g/mol. The average Bonchev–Trinajstić information content (AvgIpc) is 2.46. The lowest BCUT2D eigenvalue weighted by atomic mass is 10.1. The summed E-state index contributed by atoms with van der Waals surface area (Å²) in [7, 11) is 0. The summed E-state index contributed by atoms with van der Waals surface area (Å²) in [5, 5.41) is 9.26. The Kier molecular flexibility index (Phi) is 4.00. The van der Waals surface area contributed by atoms with Crippen LogP contribution in [-0.2, 0) is 13.2 Å². The molecule has 104 valence electrons. The first-order valence-corrected chi connectivity index (χ1v) is 6.96. The minimum absolute atomic E-state index is 0.136. The summed E-state index contributed by atoms with van der Waals surface area (Å²) >= 11 is 0. The molecule has 0 amide bonds. The molecular formula is C17H19NO2. The Labute approximate surface area is 119 Å². The lowest BCUT2D eigenvalue weighted by molar-refractivity contribution is -0.00287. The van der Waals surface area contributed by atoms with Crippen molar-refractivity contribution in [1.29, 1.82) is 0 Å². The third kappa shape index (κ3) is 3.38. The second kappa shape index (κ2) is 6.07. The zero-order chi connectivity index (χ0) is 13.8. The van der Waals surface area contributed by atoms with E-state index in [4.69, 9.17) is 4.74 Å². The zero-order valence-corrected chi connectivity index (χ0v) is 11.4. The van der Waals surface area contributed by atoms with Gasteiger partial charge in [0.25, 0.3) is 0 Å². The molecule has 0 unspecified atom stereocenters. The zero-order valence-electron chi connectivity index (χ0n) is 11.4. The van der Waals surface area contributed by atoms with Crippen LogP contribution in [0, 0.1) is 0 Å². The van der Waals surface area contributed by atoms with Crippen LogP contribution in [0.25, 0.3) is 0 Å². The molecule has 0 atom stereocenters. The van der Waals surface area contributed by atoms with Crippen LogP contribution in [0.15, 0.2) is 54.6 Å². The Morgan fingerprint density at radius 3 is 2.30 bits per heavy atom. The molecule has 2 aromatic rings. The molecule has 2 aromatic carbocycles. The lowest BCUT2D eigenvalue weighted by Gasteiger charge is -2.35. The van der Waals surface area contributed by atoms with E-state index in [-0.39, 0.29) is 6.10 Å². The second-order valence-electron chi connectivity index (χ2n) is 5.27. The fourth-order valence-electron chi connectivity index (χ4n) is 2.36. The third-order valence-corrected chi connectivity index (χ3v) is 3.52. The number of nitrogens with zero attached hydrogens (tertiary/aromatic N) is 1. The van der Waals surface area contributed by atoms with E-state index in [1.165, 1.54) is 11.1 Å². The maximum atomic E-state index is 9.26. The van der Waals surface area contributed by atoms with Gasteiger partial charge in [0.2, 0.25) is 0 Å². The van der Waals surface area contributed by atoms with Crippen LogP contribution in [0.1, 0.15) is 11.1 Å². The van der Waals surface area contributed by atoms with E-state index in [1.54, 1.807) is 0 Å². The number of hydrogen-bond donors (Lipinski definition) is 1. The topological polar surface area (TPSA) is 32.7 Å². The summed E-state index contributed by atoms with van der Waals surface area (Å²) in [5.41, 5.74) is 2.43. The van der Waals surface area contributed by atoms with Gasteiger partial charge in [0, 0.05) is 19.6 Å². The van der Waals surface area contributed by atoms with E-state index in [9.17, 15) is 5.11 Å². The SMILES string of the molecule is OC1CN(Cc2ccc(OCc3ccccc3)cc2)C1. The van der Waals surface area contributed by atoms with Crippen molar-refractivity contribution in [2.24, 2.45) is 0 Å². The second-order valence-corrected chi connectivity index (χ2v) is 5.27. The fraction of sp³-hybridized carbons (Fsp3) is 0.294. The molecule has 1 saturated heterocycles. The molecule has 1 aliphatic heterocycles. The van der Waals surface area contributed by atoms with E-state index in [1.807, 2.05) is 30.3 Å². The molecule has 0 radical (unpaired) electrons. The van der Waals surface area contributed by atoms with Gasteiger partial charge in [0.15, 0.2) is 0 Å². The van der Waals surface area contributed by atoms with Crippen LogP contribution in [0.3, 0.4) is 0 Å². The maximum Gasteiger partial charge on any atom is 0.119 e. The van der Waals surface area contributed by atoms with Gasteiger partial charge in [0.05, 0.1) is 6.10 Å². The maximum absolute atomic E-state index is 9.26. The van der Waals surface area contributed by atoms with Crippen molar-refractivity contribution in [3.8, 4) is 5.75 Å². The van der Waals surface area contributed by atoms with Gasteiger partial charge in [-0.2, -0.15) is 0 Å². The number of ether oxygens (including phenoxy) is 1. The molecule has 1 aliphatic rings. The highest BCUT2D eigenvalue weighted by atomic mass is 16.5. The molecule has 0 spiro atoms. The number of rotatable bonds is 5. The number of aliphatic hydroxyl groups is 1. The number of aliphatic hydroxyl groups excluding tert-OH is 1. The molecule has 0 aromatic heterocycles. The largest absolute Gasteiger partial charge is 0.489 e. The average molecular weight is 269 g/mol. The van der Waals surface area contributed by atoms with Crippen molar-refractivity contribution in [1.82, 2.24) is 4.90 Å². The van der Waals surface area contributed by atoms with Gasteiger partial charge in [-0.1, -0.05) is 42.5 Å². The highest BCUT2D eigenvalue weighted by molar-refractivity contribution is 5.28. The number of likely N-dealkylation sites (tertiary alicyclic amines) is 1. The normalized spacial score (nSPS) is 15.8. The van der Waals surface area contributed by atoms with Gasteiger partial charge in [-0.05, 0) is 23.3 Å². The van der Waals surface area contributed by atoms with Gasteiger partial charge in [-0.3, -0.25) is 4.90 Å². The standard InChI is InChI=1S/C17H19NO2/c19-16-11-18(12-16)10-14-6-8-17(9-7-14)20-13-15-4-2-1-3-5-15/h1-9,16,19H,10-13H2. The summed E-state index contributed by atoms with van der Waals surface area (Å²) in [6, 6.07) is 18.4. The molecule has 3 nitrogen and oxygen atoms in total.